The average Bonchev–Trinajstić information content (AvgIpc) is 3.22. The van der Waals surface area contributed by atoms with E-state index in [1.807, 2.05) is 17.0 Å². The second-order valence-corrected chi connectivity index (χ2v) is 8.22. The van der Waals surface area contributed by atoms with Crippen LogP contribution in [0.15, 0.2) is 36.7 Å². The van der Waals surface area contributed by atoms with Gasteiger partial charge in [-0.2, -0.15) is 0 Å². The van der Waals surface area contributed by atoms with Crippen LogP contribution in [0.2, 0.25) is 0 Å². The summed E-state index contributed by atoms with van der Waals surface area (Å²) in [6.07, 6.45) is 6.63. The van der Waals surface area contributed by atoms with Crippen LogP contribution >= 0.6 is 11.3 Å². The first-order valence-corrected chi connectivity index (χ1v) is 10.4. The summed E-state index contributed by atoms with van der Waals surface area (Å²) in [5, 5.41) is 2.93. The SMILES string of the molecule is CC(=O)c1ccc(C(=O)N2CCC(CCC(=O)NCc3cccnc3)CC2)s1. The Bertz CT molecular complexity index is 826. The molecule has 3 heterocycles. The van der Waals surface area contributed by atoms with E-state index >= 15 is 0 Å². The van der Waals surface area contributed by atoms with Crippen LogP contribution in [0.4, 0.5) is 0 Å². The summed E-state index contributed by atoms with van der Waals surface area (Å²) in [5.41, 5.74) is 0.990. The number of hydrogen-bond donors (Lipinski definition) is 1. The van der Waals surface area contributed by atoms with Crippen molar-refractivity contribution in [2.75, 3.05) is 13.1 Å². The molecule has 0 atom stereocenters. The third kappa shape index (κ3) is 5.48. The second kappa shape index (κ2) is 9.59. The summed E-state index contributed by atoms with van der Waals surface area (Å²) >= 11 is 1.26. The molecular weight excluding hydrogens is 374 g/mol. The third-order valence-electron chi connectivity index (χ3n) is 5.06. The molecule has 3 rings (SSSR count). The first-order valence-electron chi connectivity index (χ1n) is 9.58. The fraction of sp³-hybridized carbons (Fsp3) is 0.429. The minimum atomic E-state index is -0.00966. The largest absolute Gasteiger partial charge is 0.352 e. The van der Waals surface area contributed by atoms with Gasteiger partial charge in [-0.1, -0.05) is 6.07 Å². The number of piperidine rings is 1. The van der Waals surface area contributed by atoms with Gasteiger partial charge in [-0.25, -0.2) is 0 Å². The summed E-state index contributed by atoms with van der Waals surface area (Å²) in [4.78, 5) is 43.2. The van der Waals surface area contributed by atoms with Crippen LogP contribution in [0, 0.1) is 5.92 Å². The molecule has 1 aliphatic rings. The van der Waals surface area contributed by atoms with Crippen molar-refractivity contribution < 1.29 is 14.4 Å². The topological polar surface area (TPSA) is 79.4 Å². The monoisotopic (exact) mass is 399 g/mol. The number of amides is 2. The number of rotatable bonds is 7. The maximum Gasteiger partial charge on any atom is 0.263 e. The zero-order chi connectivity index (χ0) is 19.9. The molecule has 0 radical (unpaired) electrons. The fourth-order valence-electron chi connectivity index (χ4n) is 3.35. The summed E-state index contributed by atoms with van der Waals surface area (Å²) in [6, 6.07) is 7.25. The van der Waals surface area contributed by atoms with E-state index in [4.69, 9.17) is 0 Å². The molecule has 0 aromatic carbocycles. The summed E-state index contributed by atoms with van der Waals surface area (Å²) in [6.45, 7) is 3.42. The number of carbonyl (C=O) groups excluding carboxylic acids is 3. The van der Waals surface area contributed by atoms with Crippen molar-refractivity contribution in [3.05, 3.63) is 52.0 Å². The summed E-state index contributed by atoms with van der Waals surface area (Å²) in [5.74, 6) is 0.511. The van der Waals surface area contributed by atoms with Crippen molar-refractivity contribution in [2.45, 2.75) is 39.2 Å². The van der Waals surface area contributed by atoms with Gasteiger partial charge in [0.2, 0.25) is 5.91 Å². The second-order valence-electron chi connectivity index (χ2n) is 7.13. The lowest BCUT2D eigenvalue weighted by Gasteiger charge is -2.31. The molecule has 2 aromatic heterocycles. The van der Waals surface area contributed by atoms with Gasteiger partial charge < -0.3 is 10.2 Å². The van der Waals surface area contributed by atoms with Gasteiger partial charge in [-0.05, 0) is 55.9 Å². The number of carbonyl (C=O) groups is 3. The van der Waals surface area contributed by atoms with E-state index in [1.54, 1.807) is 24.5 Å². The van der Waals surface area contributed by atoms with E-state index in [2.05, 4.69) is 10.3 Å². The average molecular weight is 400 g/mol. The van der Waals surface area contributed by atoms with Crippen LogP contribution < -0.4 is 5.32 Å². The molecule has 2 amide bonds. The van der Waals surface area contributed by atoms with Crippen LogP contribution in [0.25, 0.3) is 0 Å². The molecule has 1 aliphatic heterocycles. The Morgan fingerprint density at radius 2 is 1.93 bits per heavy atom. The Balaban J connectivity index is 1.38. The summed E-state index contributed by atoms with van der Waals surface area (Å²) in [7, 11) is 0. The van der Waals surface area contributed by atoms with Crippen molar-refractivity contribution in [2.24, 2.45) is 5.92 Å². The minimum Gasteiger partial charge on any atom is -0.352 e. The summed E-state index contributed by atoms with van der Waals surface area (Å²) < 4.78 is 0. The number of thiophene rings is 1. The Labute approximate surface area is 169 Å². The van der Waals surface area contributed by atoms with Gasteiger partial charge in [-0.15, -0.1) is 11.3 Å². The van der Waals surface area contributed by atoms with Gasteiger partial charge in [0, 0.05) is 38.4 Å². The highest BCUT2D eigenvalue weighted by molar-refractivity contribution is 7.15. The minimum absolute atomic E-state index is 0.00478. The maximum atomic E-state index is 12.6. The molecule has 0 aliphatic carbocycles. The lowest BCUT2D eigenvalue weighted by Crippen LogP contribution is -2.38. The maximum absolute atomic E-state index is 12.6. The predicted octanol–water partition coefficient (Wildman–Crippen LogP) is 3.29. The molecular formula is C21H25N3O3S. The number of likely N-dealkylation sites (tertiary alicyclic amines) is 1. The van der Waals surface area contributed by atoms with Crippen LogP contribution in [0.1, 0.15) is 57.5 Å². The zero-order valence-corrected chi connectivity index (χ0v) is 16.8. The van der Waals surface area contributed by atoms with Crippen molar-refractivity contribution in [1.82, 2.24) is 15.2 Å². The van der Waals surface area contributed by atoms with Crippen molar-refractivity contribution in [1.29, 1.82) is 0 Å². The molecule has 0 saturated carbocycles. The first-order chi connectivity index (χ1) is 13.5. The molecule has 28 heavy (non-hydrogen) atoms. The highest BCUT2D eigenvalue weighted by atomic mass is 32.1. The Morgan fingerprint density at radius 3 is 2.57 bits per heavy atom. The lowest BCUT2D eigenvalue weighted by molar-refractivity contribution is -0.121. The van der Waals surface area contributed by atoms with Crippen molar-refractivity contribution >= 4 is 28.9 Å². The highest BCUT2D eigenvalue weighted by Crippen LogP contribution is 2.25. The molecule has 1 fully saturated rings. The van der Waals surface area contributed by atoms with Crippen LogP contribution in [-0.4, -0.2) is 40.6 Å². The number of nitrogens with zero attached hydrogens (tertiary/aromatic N) is 2. The number of aromatic nitrogens is 1. The van der Waals surface area contributed by atoms with E-state index in [9.17, 15) is 14.4 Å². The van der Waals surface area contributed by atoms with Crippen LogP contribution in [0.3, 0.4) is 0 Å². The Morgan fingerprint density at radius 1 is 1.18 bits per heavy atom. The van der Waals surface area contributed by atoms with E-state index in [0.717, 1.165) is 24.8 Å². The Kier molecular flexibility index (Phi) is 6.92. The number of pyridine rings is 1. The molecule has 0 bridgehead atoms. The molecule has 7 heteroatoms. The first kappa shape index (κ1) is 20.2. The van der Waals surface area contributed by atoms with Gasteiger partial charge in [0.25, 0.3) is 5.91 Å². The third-order valence-corrected chi connectivity index (χ3v) is 6.23. The molecule has 1 N–H and O–H groups in total. The standard InChI is InChI=1S/C21H25N3O3S/c1-15(25)18-5-6-19(28-18)21(27)24-11-8-16(9-12-24)4-7-20(26)23-14-17-3-2-10-22-13-17/h2-3,5-6,10,13,16H,4,7-9,11-12,14H2,1H3,(H,23,26). The van der Waals surface area contributed by atoms with E-state index < -0.39 is 0 Å². The molecule has 148 valence electrons. The van der Waals surface area contributed by atoms with E-state index in [1.165, 1.54) is 18.3 Å². The number of Topliss-reactive ketones (excluding diaryl/α,β-unsaturated/α-hetero) is 1. The highest BCUT2D eigenvalue weighted by Gasteiger charge is 2.25. The molecule has 0 unspecified atom stereocenters. The van der Waals surface area contributed by atoms with Crippen LogP contribution in [0.5, 0.6) is 0 Å². The molecule has 1 saturated heterocycles. The number of hydrogen-bond acceptors (Lipinski definition) is 5. The van der Waals surface area contributed by atoms with Crippen molar-refractivity contribution in [3.63, 3.8) is 0 Å². The smallest absolute Gasteiger partial charge is 0.263 e. The van der Waals surface area contributed by atoms with Gasteiger partial charge in [0.05, 0.1) is 9.75 Å². The molecule has 0 spiro atoms. The lowest BCUT2D eigenvalue weighted by atomic mass is 9.92. The molecule has 2 aromatic rings. The van der Waals surface area contributed by atoms with Gasteiger partial charge in [0.1, 0.15) is 0 Å². The fourth-order valence-corrected chi connectivity index (χ4v) is 4.22. The quantitative estimate of drug-likeness (QED) is 0.725. The number of ketones is 1. The van der Waals surface area contributed by atoms with Crippen molar-refractivity contribution in [3.8, 4) is 0 Å². The normalized spacial score (nSPS) is 14.7. The van der Waals surface area contributed by atoms with Gasteiger partial charge in [0.15, 0.2) is 5.78 Å². The van der Waals surface area contributed by atoms with Crippen LogP contribution in [-0.2, 0) is 11.3 Å². The van der Waals surface area contributed by atoms with E-state index in [0.29, 0.717) is 41.7 Å². The zero-order valence-electron chi connectivity index (χ0n) is 16.0. The van der Waals surface area contributed by atoms with Gasteiger partial charge in [-0.3, -0.25) is 19.4 Å². The van der Waals surface area contributed by atoms with E-state index in [-0.39, 0.29) is 17.6 Å². The van der Waals surface area contributed by atoms with Gasteiger partial charge >= 0.3 is 0 Å². The molecule has 6 nitrogen and oxygen atoms in total. The Hall–Kier alpha value is -2.54. The number of nitrogens with one attached hydrogen (secondary N) is 1. The predicted molar refractivity (Wildman–Crippen MR) is 108 cm³/mol.